The Hall–Kier alpha value is -2.57. The van der Waals surface area contributed by atoms with Crippen LogP contribution >= 0.6 is 0 Å². The molecule has 21 heavy (non-hydrogen) atoms. The lowest BCUT2D eigenvalue weighted by Gasteiger charge is -2.07. The Balaban J connectivity index is 1.88. The fraction of sp³-hybridized carbons (Fsp3) is 0.167. The minimum absolute atomic E-state index is 0.678. The summed E-state index contributed by atoms with van der Waals surface area (Å²) in [5.41, 5.74) is 10.00. The second kappa shape index (κ2) is 5.82. The number of benzene rings is 2. The zero-order chi connectivity index (χ0) is 14.7. The zero-order valence-corrected chi connectivity index (χ0v) is 11.8. The normalized spacial score (nSPS) is 10.7. The monoisotopic (exact) mass is 275 g/mol. The van der Waals surface area contributed by atoms with Gasteiger partial charge in [0.15, 0.2) is 0 Å². The number of rotatable bonds is 4. The SMILES string of the molecule is N#Cc1ccc(Cn2ccc3cc(CCN)ccc32)cc1. The maximum Gasteiger partial charge on any atom is 0.0991 e. The molecule has 1 heterocycles. The smallest absolute Gasteiger partial charge is 0.0991 e. The van der Waals surface area contributed by atoms with Gasteiger partial charge in [-0.25, -0.2) is 0 Å². The van der Waals surface area contributed by atoms with Gasteiger partial charge in [0.1, 0.15) is 0 Å². The van der Waals surface area contributed by atoms with Crippen molar-refractivity contribution in [2.45, 2.75) is 13.0 Å². The molecule has 0 saturated carbocycles. The predicted octanol–water partition coefficient (Wildman–Crippen LogP) is 3.06. The van der Waals surface area contributed by atoms with E-state index in [-0.39, 0.29) is 0 Å². The molecule has 0 amide bonds. The molecule has 1 aromatic heterocycles. The lowest BCUT2D eigenvalue weighted by Crippen LogP contribution is -2.02. The molecule has 0 aliphatic carbocycles. The lowest BCUT2D eigenvalue weighted by molar-refractivity contribution is 0.836. The Morgan fingerprint density at radius 1 is 1.00 bits per heavy atom. The molecule has 104 valence electrons. The standard InChI is InChI=1S/C18H17N3/c19-9-7-14-5-6-18-17(11-14)8-10-21(18)13-16-3-1-15(12-20)2-4-16/h1-6,8,10-11H,7,9,13,19H2. The first-order valence-electron chi connectivity index (χ1n) is 7.07. The minimum atomic E-state index is 0.678. The summed E-state index contributed by atoms with van der Waals surface area (Å²) in [5.74, 6) is 0. The third-order valence-corrected chi connectivity index (χ3v) is 3.70. The number of aromatic nitrogens is 1. The molecule has 0 atom stereocenters. The summed E-state index contributed by atoms with van der Waals surface area (Å²) >= 11 is 0. The van der Waals surface area contributed by atoms with Gasteiger partial charge in [0.2, 0.25) is 0 Å². The Morgan fingerprint density at radius 3 is 2.48 bits per heavy atom. The highest BCUT2D eigenvalue weighted by molar-refractivity contribution is 5.81. The Kier molecular flexibility index (Phi) is 3.72. The van der Waals surface area contributed by atoms with Gasteiger partial charge in [-0.15, -0.1) is 0 Å². The van der Waals surface area contributed by atoms with E-state index in [1.807, 2.05) is 24.3 Å². The van der Waals surface area contributed by atoms with Crippen LogP contribution in [0.1, 0.15) is 16.7 Å². The quantitative estimate of drug-likeness (QED) is 0.795. The third-order valence-electron chi connectivity index (χ3n) is 3.70. The van der Waals surface area contributed by atoms with Gasteiger partial charge >= 0.3 is 0 Å². The molecule has 3 rings (SSSR count). The fourth-order valence-corrected chi connectivity index (χ4v) is 2.59. The Labute approximate surface area is 124 Å². The summed E-state index contributed by atoms with van der Waals surface area (Å²) in [6.07, 6.45) is 3.02. The van der Waals surface area contributed by atoms with E-state index in [4.69, 9.17) is 11.0 Å². The highest BCUT2D eigenvalue weighted by Crippen LogP contribution is 2.19. The van der Waals surface area contributed by atoms with Crippen LogP contribution in [0.15, 0.2) is 54.7 Å². The molecule has 0 aliphatic heterocycles. The van der Waals surface area contributed by atoms with Gasteiger partial charge in [-0.1, -0.05) is 18.2 Å². The van der Waals surface area contributed by atoms with Gasteiger partial charge < -0.3 is 10.3 Å². The van der Waals surface area contributed by atoms with Crippen LogP contribution in [-0.2, 0) is 13.0 Å². The Morgan fingerprint density at radius 2 is 1.76 bits per heavy atom. The summed E-state index contributed by atoms with van der Waals surface area (Å²) in [6, 6.07) is 18.5. The highest BCUT2D eigenvalue weighted by atomic mass is 14.9. The molecule has 2 aromatic carbocycles. The predicted molar refractivity (Wildman–Crippen MR) is 85.0 cm³/mol. The molecular weight excluding hydrogens is 258 g/mol. The van der Waals surface area contributed by atoms with Gasteiger partial charge in [-0.2, -0.15) is 5.26 Å². The van der Waals surface area contributed by atoms with Crippen LogP contribution in [0.3, 0.4) is 0 Å². The van der Waals surface area contributed by atoms with Crippen LogP contribution in [0, 0.1) is 11.3 Å². The summed E-state index contributed by atoms with van der Waals surface area (Å²) in [7, 11) is 0. The van der Waals surface area contributed by atoms with E-state index in [1.165, 1.54) is 22.0 Å². The van der Waals surface area contributed by atoms with Crippen molar-refractivity contribution in [2.75, 3.05) is 6.54 Å². The van der Waals surface area contributed by atoms with Gasteiger partial charge in [0.05, 0.1) is 11.6 Å². The first-order chi connectivity index (χ1) is 10.3. The third kappa shape index (κ3) is 2.81. The van der Waals surface area contributed by atoms with Gasteiger partial charge in [0.25, 0.3) is 0 Å². The van der Waals surface area contributed by atoms with Gasteiger partial charge in [0, 0.05) is 18.3 Å². The van der Waals surface area contributed by atoms with Crippen molar-refractivity contribution in [3.8, 4) is 6.07 Å². The van der Waals surface area contributed by atoms with Gasteiger partial charge in [-0.3, -0.25) is 0 Å². The number of nitrogens with zero attached hydrogens (tertiary/aromatic N) is 2. The molecule has 0 aliphatic rings. The molecule has 0 spiro atoms. The summed E-state index contributed by atoms with van der Waals surface area (Å²) < 4.78 is 2.23. The summed E-state index contributed by atoms with van der Waals surface area (Å²) in [6.45, 7) is 1.49. The van der Waals surface area contributed by atoms with Crippen molar-refractivity contribution in [2.24, 2.45) is 5.73 Å². The molecule has 2 N–H and O–H groups in total. The van der Waals surface area contributed by atoms with Crippen LogP contribution in [0.5, 0.6) is 0 Å². The average molecular weight is 275 g/mol. The van der Waals surface area contributed by atoms with Crippen LogP contribution < -0.4 is 5.73 Å². The molecule has 0 bridgehead atoms. The lowest BCUT2D eigenvalue weighted by atomic mass is 10.1. The van der Waals surface area contributed by atoms with E-state index in [1.54, 1.807) is 0 Å². The van der Waals surface area contributed by atoms with Crippen LogP contribution in [0.25, 0.3) is 10.9 Å². The molecule has 3 heteroatoms. The van der Waals surface area contributed by atoms with Crippen LogP contribution in [0.4, 0.5) is 0 Å². The first-order valence-corrected chi connectivity index (χ1v) is 7.07. The van der Waals surface area contributed by atoms with E-state index < -0.39 is 0 Å². The van der Waals surface area contributed by atoms with E-state index in [0.717, 1.165) is 13.0 Å². The molecule has 3 aromatic rings. The topological polar surface area (TPSA) is 54.7 Å². The second-order valence-corrected chi connectivity index (χ2v) is 5.18. The second-order valence-electron chi connectivity index (χ2n) is 5.18. The highest BCUT2D eigenvalue weighted by Gasteiger charge is 2.03. The van der Waals surface area contributed by atoms with Gasteiger partial charge in [-0.05, 0) is 59.8 Å². The number of nitrogens with two attached hydrogens (primary N) is 1. The first kappa shape index (κ1) is 13.4. The van der Waals surface area contributed by atoms with Crippen molar-refractivity contribution in [1.29, 1.82) is 5.26 Å². The van der Waals surface area contributed by atoms with Crippen LogP contribution in [0.2, 0.25) is 0 Å². The van der Waals surface area contributed by atoms with Crippen molar-refractivity contribution in [1.82, 2.24) is 4.57 Å². The molecule has 0 radical (unpaired) electrons. The molecular formula is C18H17N3. The summed E-state index contributed by atoms with van der Waals surface area (Å²) in [4.78, 5) is 0. The number of nitriles is 1. The average Bonchev–Trinajstić information content (AvgIpc) is 2.91. The minimum Gasteiger partial charge on any atom is -0.343 e. The van der Waals surface area contributed by atoms with E-state index in [2.05, 4.69) is 41.1 Å². The fourth-order valence-electron chi connectivity index (χ4n) is 2.59. The molecule has 0 fully saturated rings. The van der Waals surface area contributed by atoms with Crippen LogP contribution in [-0.4, -0.2) is 11.1 Å². The van der Waals surface area contributed by atoms with Crippen molar-refractivity contribution < 1.29 is 0 Å². The van der Waals surface area contributed by atoms with E-state index in [9.17, 15) is 0 Å². The maximum atomic E-state index is 8.83. The molecule has 0 saturated heterocycles. The summed E-state index contributed by atoms with van der Waals surface area (Å²) in [5, 5.41) is 10.1. The van der Waals surface area contributed by atoms with E-state index in [0.29, 0.717) is 12.1 Å². The van der Waals surface area contributed by atoms with Crippen molar-refractivity contribution in [3.63, 3.8) is 0 Å². The number of fused-ring (bicyclic) bond motifs is 1. The Bertz CT molecular complexity index is 791. The van der Waals surface area contributed by atoms with E-state index >= 15 is 0 Å². The maximum absolute atomic E-state index is 8.83. The molecule has 3 nitrogen and oxygen atoms in total. The number of hydrogen-bond acceptors (Lipinski definition) is 2. The van der Waals surface area contributed by atoms with Crippen molar-refractivity contribution in [3.05, 3.63) is 71.4 Å². The molecule has 0 unspecified atom stereocenters. The zero-order valence-electron chi connectivity index (χ0n) is 11.8. The number of hydrogen-bond donors (Lipinski definition) is 1. The largest absolute Gasteiger partial charge is 0.343 e. The van der Waals surface area contributed by atoms with Crippen molar-refractivity contribution >= 4 is 10.9 Å².